The number of allylic oxidation sites excluding steroid dienone is 6. The minimum absolute atomic E-state index is 0.0753. The van der Waals surface area contributed by atoms with Gasteiger partial charge in [0, 0.05) is 19.3 Å². The molecule has 1 atom stereocenters. The summed E-state index contributed by atoms with van der Waals surface area (Å²) in [5.74, 6) is -0.895. The van der Waals surface area contributed by atoms with Crippen LogP contribution in [0.15, 0.2) is 36.5 Å². The third-order valence-electron chi connectivity index (χ3n) is 9.91. The van der Waals surface area contributed by atoms with Crippen LogP contribution in [0.1, 0.15) is 233 Å². The predicted octanol–water partition coefficient (Wildman–Crippen LogP) is 14.6. The maximum absolute atomic E-state index is 12.7. The average molecular weight is 759 g/mol. The molecule has 0 aromatic rings. The van der Waals surface area contributed by atoms with Gasteiger partial charge >= 0.3 is 17.9 Å². The first-order valence-corrected chi connectivity index (χ1v) is 23.0. The Hall–Kier alpha value is -2.37. The van der Waals surface area contributed by atoms with Crippen molar-refractivity contribution in [2.45, 2.75) is 239 Å². The van der Waals surface area contributed by atoms with E-state index in [1.165, 1.54) is 96.3 Å². The Bertz CT molecular complexity index is 922. The summed E-state index contributed by atoms with van der Waals surface area (Å²) in [7, 11) is 0. The minimum Gasteiger partial charge on any atom is -0.462 e. The van der Waals surface area contributed by atoms with Crippen LogP contribution >= 0.6 is 0 Å². The van der Waals surface area contributed by atoms with Gasteiger partial charge in [-0.2, -0.15) is 0 Å². The standard InChI is InChI=1S/C48H86O6/c1-4-7-10-13-16-18-20-22-24-26-27-29-32-35-38-41-47(50)53-44-45(43-52-46(49)40-37-34-31-15-12-9-6-3)54-48(51)42-39-36-33-30-28-25-23-21-19-17-14-11-8-5-2/h7,10,16,18,22,24,45H,4-6,8-9,11-15,17,19-21,23,25-44H2,1-3H3/b10-7-,18-16-,24-22-. The van der Waals surface area contributed by atoms with E-state index < -0.39 is 6.10 Å². The van der Waals surface area contributed by atoms with Gasteiger partial charge in [-0.15, -0.1) is 0 Å². The molecular weight excluding hydrogens is 673 g/mol. The molecule has 0 aliphatic heterocycles. The third-order valence-corrected chi connectivity index (χ3v) is 9.91. The highest BCUT2D eigenvalue weighted by molar-refractivity contribution is 5.71. The topological polar surface area (TPSA) is 78.9 Å². The van der Waals surface area contributed by atoms with Crippen LogP contribution in [0.25, 0.3) is 0 Å². The summed E-state index contributed by atoms with van der Waals surface area (Å²) < 4.78 is 16.7. The molecule has 6 heteroatoms. The minimum atomic E-state index is -0.771. The Morgan fingerprint density at radius 3 is 1.13 bits per heavy atom. The van der Waals surface area contributed by atoms with Crippen molar-refractivity contribution in [2.75, 3.05) is 13.2 Å². The fourth-order valence-electron chi connectivity index (χ4n) is 6.46. The lowest BCUT2D eigenvalue weighted by molar-refractivity contribution is -0.167. The molecule has 0 heterocycles. The van der Waals surface area contributed by atoms with Crippen molar-refractivity contribution in [2.24, 2.45) is 0 Å². The van der Waals surface area contributed by atoms with Crippen molar-refractivity contribution in [1.82, 2.24) is 0 Å². The molecule has 0 rings (SSSR count). The van der Waals surface area contributed by atoms with Crippen molar-refractivity contribution in [3.8, 4) is 0 Å². The summed E-state index contributed by atoms with van der Waals surface area (Å²) in [6.45, 7) is 6.47. The second-order valence-corrected chi connectivity index (χ2v) is 15.3. The number of carbonyl (C=O) groups excluding carboxylic acids is 3. The molecule has 0 aliphatic rings. The Balaban J connectivity index is 4.31. The van der Waals surface area contributed by atoms with Gasteiger partial charge in [-0.1, -0.05) is 198 Å². The van der Waals surface area contributed by atoms with E-state index in [0.29, 0.717) is 19.3 Å². The maximum atomic E-state index is 12.7. The first-order chi connectivity index (χ1) is 26.5. The first kappa shape index (κ1) is 51.6. The molecular formula is C48H86O6. The van der Waals surface area contributed by atoms with Crippen molar-refractivity contribution in [3.63, 3.8) is 0 Å². The Labute approximate surface area is 334 Å². The fraction of sp³-hybridized carbons (Fsp3) is 0.812. The van der Waals surface area contributed by atoms with E-state index in [-0.39, 0.29) is 31.1 Å². The molecule has 0 aromatic carbocycles. The smallest absolute Gasteiger partial charge is 0.306 e. The van der Waals surface area contributed by atoms with E-state index in [4.69, 9.17) is 14.2 Å². The molecule has 0 N–H and O–H groups in total. The van der Waals surface area contributed by atoms with Crippen LogP contribution in [0, 0.1) is 0 Å². The van der Waals surface area contributed by atoms with Crippen LogP contribution in [-0.2, 0) is 28.6 Å². The van der Waals surface area contributed by atoms with E-state index >= 15 is 0 Å². The average Bonchev–Trinajstić information content (AvgIpc) is 3.17. The molecule has 0 fully saturated rings. The van der Waals surface area contributed by atoms with Gasteiger partial charge in [0.25, 0.3) is 0 Å². The van der Waals surface area contributed by atoms with Gasteiger partial charge in [0.05, 0.1) is 0 Å². The summed E-state index contributed by atoms with van der Waals surface area (Å²) >= 11 is 0. The molecule has 1 unspecified atom stereocenters. The summed E-state index contributed by atoms with van der Waals surface area (Å²) in [6, 6.07) is 0. The number of carbonyl (C=O) groups is 3. The summed E-state index contributed by atoms with van der Waals surface area (Å²) in [5, 5.41) is 0. The molecule has 0 bridgehead atoms. The van der Waals surface area contributed by atoms with Gasteiger partial charge in [-0.25, -0.2) is 0 Å². The SMILES string of the molecule is CC/C=C\C/C=C\C/C=C\CCCCCCCC(=O)OCC(COC(=O)CCCCCCCCC)OC(=O)CCCCCCCCCCCCCCCC. The lowest BCUT2D eigenvalue weighted by atomic mass is 10.0. The van der Waals surface area contributed by atoms with Gasteiger partial charge in [0.15, 0.2) is 6.10 Å². The summed E-state index contributed by atoms with van der Waals surface area (Å²) in [4.78, 5) is 37.6. The van der Waals surface area contributed by atoms with Crippen LogP contribution in [0.5, 0.6) is 0 Å². The molecule has 0 saturated heterocycles. The zero-order chi connectivity index (χ0) is 39.4. The molecule has 314 valence electrons. The summed E-state index contributed by atoms with van der Waals surface area (Å²) in [6.07, 6.45) is 48.5. The van der Waals surface area contributed by atoms with Crippen molar-refractivity contribution >= 4 is 17.9 Å². The van der Waals surface area contributed by atoms with Gasteiger partial charge < -0.3 is 14.2 Å². The lowest BCUT2D eigenvalue weighted by Gasteiger charge is -2.18. The van der Waals surface area contributed by atoms with Crippen LogP contribution in [0.3, 0.4) is 0 Å². The molecule has 0 amide bonds. The highest BCUT2D eigenvalue weighted by Gasteiger charge is 2.19. The van der Waals surface area contributed by atoms with Crippen molar-refractivity contribution < 1.29 is 28.6 Å². The number of hydrogen-bond donors (Lipinski definition) is 0. The van der Waals surface area contributed by atoms with Crippen molar-refractivity contribution in [1.29, 1.82) is 0 Å². The normalized spacial score (nSPS) is 12.3. The second kappa shape index (κ2) is 43.4. The number of esters is 3. The Morgan fingerprint density at radius 2 is 0.722 bits per heavy atom. The van der Waals surface area contributed by atoms with Gasteiger partial charge in [0.1, 0.15) is 13.2 Å². The molecule has 0 aromatic heterocycles. The highest BCUT2D eigenvalue weighted by Crippen LogP contribution is 2.15. The zero-order valence-corrected chi connectivity index (χ0v) is 35.7. The van der Waals surface area contributed by atoms with E-state index in [0.717, 1.165) is 96.3 Å². The first-order valence-electron chi connectivity index (χ1n) is 23.0. The monoisotopic (exact) mass is 759 g/mol. The number of unbranched alkanes of at least 4 members (excludes halogenated alkanes) is 24. The van der Waals surface area contributed by atoms with Crippen LogP contribution in [0.4, 0.5) is 0 Å². The van der Waals surface area contributed by atoms with E-state index in [1.54, 1.807) is 0 Å². The van der Waals surface area contributed by atoms with Gasteiger partial charge in [0.2, 0.25) is 0 Å². The molecule has 0 radical (unpaired) electrons. The summed E-state index contributed by atoms with van der Waals surface area (Å²) in [5.41, 5.74) is 0. The molecule has 0 spiro atoms. The number of ether oxygens (including phenoxy) is 3. The maximum Gasteiger partial charge on any atom is 0.306 e. The van der Waals surface area contributed by atoms with Gasteiger partial charge in [-0.05, 0) is 51.4 Å². The number of rotatable bonds is 41. The Morgan fingerprint density at radius 1 is 0.389 bits per heavy atom. The zero-order valence-electron chi connectivity index (χ0n) is 35.7. The van der Waals surface area contributed by atoms with Crippen LogP contribution in [-0.4, -0.2) is 37.2 Å². The van der Waals surface area contributed by atoms with E-state index in [9.17, 15) is 14.4 Å². The van der Waals surface area contributed by atoms with Crippen LogP contribution < -0.4 is 0 Å². The Kier molecular flexibility index (Phi) is 41.5. The quantitative estimate of drug-likeness (QED) is 0.0267. The molecule has 54 heavy (non-hydrogen) atoms. The fourth-order valence-corrected chi connectivity index (χ4v) is 6.46. The molecule has 0 aliphatic carbocycles. The van der Waals surface area contributed by atoms with Gasteiger partial charge in [-0.3, -0.25) is 14.4 Å². The second-order valence-electron chi connectivity index (χ2n) is 15.3. The predicted molar refractivity (Wildman–Crippen MR) is 229 cm³/mol. The highest BCUT2D eigenvalue weighted by atomic mass is 16.6. The number of hydrogen-bond acceptors (Lipinski definition) is 6. The third kappa shape index (κ3) is 40.8. The largest absolute Gasteiger partial charge is 0.462 e. The molecule has 6 nitrogen and oxygen atoms in total. The van der Waals surface area contributed by atoms with E-state index in [1.807, 2.05) is 0 Å². The van der Waals surface area contributed by atoms with E-state index in [2.05, 4.69) is 57.2 Å². The van der Waals surface area contributed by atoms with Crippen LogP contribution in [0.2, 0.25) is 0 Å². The van der Waals surface area contributed by atoms with Crippen molar-refractivity contribution in [3.05, 3.63) is 36.5 Å². The molecule has 0 saturated carbocycles. The lowest BCUT2D eigenvalue weighted by Crippen LogP contribution is -2.30.